The molecule has 0 bridgehead atoms. The molecular weight excluding hydrogens is 309 g/mol. The molecule has 1 aliphatic heterocycles. The van der Waals surface area contributed by atoms with Gasteiger partial charge < -0.3 is 28.9 Å². The summed E-state index contributed by atoms with van der Waals surface area (Å²) < 4.78 is 0. The smallest absolute Gasteiger partial charge is 0.103 e. The van der Waals surface area contributed by atoms with Crippen LogP contribution in [-0.2, 0) is 18.4 Å². The zero-order valence-corrected chi connectivity index (χ0v) is 12.9. The van der Waals surface area contributed by atoms with Crippen LogP contribution in [0.25, 0.3) is 0 Å². The van der Waals surface area contributed by atoms with Crippen molar-refractivity contribution in [1.82, 2.24) is 0 Å². The molecule has 1 nitrogen and oxygen atoms in total. The molecule has 1 atom stereocenters. The average Bonchev–Trinajstić information content (AvgIpc) is 2.15. The van der Waals surface area contributed by atoms with Crippen LogP contribution < -0.4 is 28.9 Å². The lowest BCUT2D eigenvalue weighted by molar-refractivity contribution is -0.895. The van der Waals surface area contributed by atoms with Gasteiger partial charge in [-0.2, -0.15) is 0 Å². The molecule has 1 unspecified atom stereocenters. The molecule has 0 fully saturated rings. The Bertz CT molecular complexity index is 365. The van der Waals surface area contributed by atoms with Gasteiger partial charge in [0.05, 0.1) is 13.6 Å². The summed E-state index contributed by atoms with van der Waals surface area (Å²) in [6, 6.07) is 7.06. The molecule has 2 heteroatoms. The fourth-order valence-corrected chi connectivity index (χ4v) is 2.26. The maximum atomic E-state index is 2.41. The highest BCUT2D eigenvalue weighted by Crippen LogP contribution is 2.25. The van der Waals surface area contributed by atoms with Crippen molar-refractivity contribution in [2.24, 2.45) is 0 Å². The second-order valence-corrected chi connectivity index (χ2v) is 5.87. The Kier molecular flexibility index (Phi) is 4.41. The van der Waals surface area contributed by atoms with Crippen molar-refractivity contribution in [2.45, 2.75) is 39.2 Å². The molecule has 0 aliphatic carbocycles. The Hall–Kier alpha value is -0.0900. The normalized spacial score (nSPS) is 19.9. The van der Waals surface area contributed by atoms with Crippen LogP contribution in [0.5, 0.6) is 0 Å². The Morgan fingerprint density at radius 1 is 1.12 bits per heavy atom. The molecule has 0 radical (unpaired) electrons. The van der Waals surface area contributed by atoms with E-state index in [-0.39, 0.29) is 29.4 Å². The molecule has 0 aromatic heterocycles. The number of benzene rings is 1. The number of quaternary nitrogens is 1. The summed E-state index contributed by atoms with van der Waals surface area (Å²) in [5, 5.41) is 0. The number of halogens is 1. The summed E-state index contributed by atoms with van der Waals surface area (Å²) >= 11 is 0. The van der Waals surface area contributed by atoms with Crippen molar-refractivity contribution in [3.05, 3.63) is 34.9 Å². The quantitative estimate of drug-likeness (QED) is 0.556. The van der Waals surface area contributed by atoms with E-state index < -0.39 is 0 Å². The van der Waals surface area contributed by atoms with E-state index in [9.17, 15) is 0 Å². The van der Waals surface area contributed by atoms with Gasteiger partial charge in [0.1, 0.15) is 6.54 Å². The summed E-state index contributed by atoms with van der Waals surface area (Å²) in [6.07, 6.45) is 1.24. The van der Waals surface area contributed by atoms with Crippen LogP contribution in [0, 0.1) is 0 Å². The third kappa shape index (κ3) is 2.98. The molecule has 0 amide bonds. The molecule has 1 aromatic rings. The van der Waals surface area contributed by atoms with E-state index in [1.165, 1.54) is 25.1 Å². The number of fused-ring (bicyclic) bond motifs is 1. The molecule has 1 aliphatic rings. The molecule has 90 valence electrons. The lowest BCUT2D eigenvalue weighted by Gasteiger charge is -2.26. The first-order valence-corrected chi connectivity index (χ1v) is 5.90. The third-order valence-electron chi connectivity index (χ3n) is 3.39. The number of rotatable bonds is 0. The Balaban J connectivity index is 0.00000128. The number of hydrogen-bond donors (Lipinski definition) is 1. The van der Waals surface area contributed by atoms with Crippen LogP contribution in [0.15, 0.2) is 18.2 Å². The van der Waals surface area contributed by atoms with Gasteiger partial charge in [-0.25, -0.2) is 0 Å². The second kappa shape index (κ2) is 5.05. The monoisotopic (exact) mass is 331 g/mol. The van der Waals surface area contributed by atoms with Gasteiger partial charge in [0.2, 0.25) is 0 Å². The van der Waals surface area contributed by atoms with Crippen LogP contribution in [0.3, 0.4) is 0 Å². The average molecular weight is 331 g/mol. The van der Waals surface area contributed by atoms with Crippen LogP contribution in [0.4, 0.5) is 0 Å². The minimum atomic E-state index is 0. The van der Waals surface area contributed by atoms with Gasteiger partial charge >= 0.3 is 0 Å². The topological polar surface area (TPSA) is 4.44 Å². The molecule has 1 heterocycles. The van der Waals surface area contributed by atoms with Gasteiger partial charge in [0, 0.05) is 12.0 Å². The van der Waals surface area contributed by atoms with Crippen molar-refractivity contribution >= 4 is 0 Å². The first-order chi connectivity index (χ1) is 6.97. The van der Waals surface area contributed by atoms with Gasteiger partial charge in [-0.1, -0.05) is 32.9 Å². The summed E-state index contributed by atoms with van der Waals surface area (Å²) in [5.41, 5.74) is 4.87. The fraction of sp³-hybridized carbons (Fsp3) is 0.571. The Labute approximate surface area is 116 Å². The predicted octanol–water partition coefficient (Wildman–Crippen LogP) is -1.44. The summed E-state index contributed by atoms with van der Waals surface area (Å²) in [4.78, 5) is 1.63. The van der Waals surface area contributed by atoms with Crippen LogP contribution in [-0.4, -0.2) is 13.6 Å². The van der Waals surface area contributed by atoms with Gasteiger partial charge in [-0.15, -0.1) is 0 Å². The Morgan fingerprint density at radius 3 is 2.44 bits per heavy atom. The van der Waals surface area contributed by atoms with E-state index in [1.807, 2.05) is 0 Å². The van der Waals surface area contributed by atoms with E-state index in [2.05, 4.69) is 46.0 Å². The van der Waals surface area contributed by atoms with E-state index in [0.29, 0.717) is 0 Å². The highest BCUT2D eigenvalue weighted by Gasteiger charge is 2.19. The number of hydrogen-bond acceptors (Lipinski definition) is 0. The molecule has 2 rings (SSSR count). The fourth-order valence-electron chi connectivity index (χ4n) is 2.26. The van der Waals surface area contributed by atoms with Gasteiger partial charge in [-0.3, -0.25) is 0 Å². The van der Waals surface area contributed by atoms with Crippen molar-refractivity contribution in [3.63, 3.8) is 0 Å². The number of nitrogens with one attached hydrogen (secondary N) is 1. The molecule has 0 saturated heterocycles. The van der Waals surface area contributed by atoms with Crippen LogP contribution in [0.2, 0.25) is 0 Å². The lowest BCUT2D eigenvalue weighted by Crippen LogP contribution is -3.08. The van der Waals surface area contributed by atoms with Crippen molar-refractivity contribution in [2.75, 3.05) is 13.6 Å². The molecule has 0 spiro atoms. The van der Waals surface area contributed by atoms with Crippen molar-refractivity contribution in [1.29, 1.82) is 0 Å². The van der Waals surface area contributed by atoms with E-state index in [1.54, 1.807) is 16.0 Å². The zero-order chi connectivity index (χ0) is 11.1. The number of likely N-dealkylation sites (N-methyl/N-ethyl adjacent to an activating group) is 1. The Morgan fingerprint density at radius 2 is 1.81 bits per heavy atom. The first-order valence-electron chi connectivity index (χ1n) is 5.90. The van der Waals surface area contributed by atoms with Gasteiger partial charge in [0.25, 0.3) is 0 Å². The van der Waals surface area contributed by atoms with Crippen LogP contribution >= 0.6 is 0 Å². The minimum Gasteiger partial charge on any atom is -1.00 e. The third-order valence-corrected chi connectivity index (χ3v) is 3.39. The van der Waals surface area contributed by atoms with Gasteiger partial charge in [-0.05, 0) is 22.6 Å². The van der Waals surface area contributed by atoms with E-state index in [0.717, 1.165) is 0 Å². The van der Waals surface area contributed by atoms with Crippen molar-refractivity contribution in [3.8, 4) is 0 Å². The van der Waals surface area contributed by atoms with Crippen molar-refractivity contribution < 1.29 is 28.9 Å². The predicted molar refractivity (Wildman–Crippen MR) is 64.3 cm³/mol. The standard InChI is InChI=1S/C14H21N.HI/c1-14(2,3)13-6-5-11-7-8-15(4)10-12(11)9-13;/h5-6,9H,7-8,10H2,1-4H3;1H. The molecule has 0 saturated carbocycles. The zero-order valence-electron chi connectivity index (χ0n) is 10.7. The molecule has 1 N–H and O–H groups in total. The van der Waals surface area contributed by atoms with Crippen LogP contribution in [0.1, 0.15) is 37.5 Å². The summed E-state index contributed by atoms with van der Waals surface area (Å²) in [7, 11) is 2.28. The highest BCUT2D eigenvalue weighted by molar-refractivity contribution is 5.35. The lowest BCUT2D eigenvalue weighted by atomic mass is 9.84. The highest BCUT2D eigenvalue weighted by atomic mass is 127. The summed E-state index contributed by atoms with van der Waals surface area (Å²) in [6.45, 7) is 9.33. The van der Waals surface area contributed by atoms with Gasteiger partial charge in [0.15, 0.2) is 0 Å². The minimum absolute atomic E-state index is 0. The molecule has 16 heavy (non-hydrogen) atoms. The SMILES string of the molecule is C[NH+]1CCc2ccc(C(C)(C)C)cc2C1.[I-]. The second-order valence-electron chi connectivity index (χ2n) is 5.87. The maximum absolute atomic E-state index is 2.41. The van der Waals surface area contributed by atoms with E-state index in [4.69, 9.17) is 0 Å². The molecular formula is C14H22IN. The molecule has 1 aromatic carbocycles. The largest absolute Gasteiger partial charge is 1.00 e. The first kappa shape index (κ1) is 14.0. The van der Waals surface area contributed by atoms with E-state index >= 15 is 0 Å². The maximum Gasteiger partial charge on any atom is 0.103 e. The summed E-state index contributed by atoms with van der Waals surface area (Å²) in [5.74, 6) is 0.